The van der Waals surface area contributed by atoms with Gasteiger partial charge in [0.15, 0.2) is 0 Å². The highest BCUT2D eigenvalue weighted by molar-refractivity contribution is 5.26. The van der Waals surface area contributed by atoms with Crippen LogP contribution in [-0.4, -0.2) is 5.16 Å². The molecule has 0 saturated heterocycles. The highest BCUT2D eigenvalue weighted by atomic mass is 16.5. The van der Waals surface area contributed by atoms with E-state index in [9.17, 15) is 0 Å². The van der Waals surface area contributed by atoms with Crippen LogP contribution in [-0.2, 0) is 5.41 Å². The first kappa shape index (κ1) is 10.0. The van der Waals surface area contributed by atoms with Crippen LogP contribution in [0.5, 0.6) is 0 Å². The van der Waals surface area contributed by atoms with Gasteiger partial charge in [0.05, 0.1) is 5.69 Å². The van der Waals surface area contributed by atoms with E-state index in [2.05, 4.69) is 25.6 Å². The van der Waals surface area contributed by atoms with Crippen molar-refractivity contribution in [1.29, 1.82) is 0 Å². The van der Waals surface area contributed by atoms with Crippen LogP contribution < -0.4 is 0 Å². The molecule has 0 unspecified atom stereocenters. The van der Waals surface area contributed by atoms with Gasteiger partial charge in [0.1, 0.15) is 5.76 Å². The summed E-state index contributed by atoms with van der Waals surface area (Å²) in [6.45, 7) is 12.0. The average molecular weight is 179 g/mol. The minimum Gasteiger partial charge on any atom is -0.360 e. The van der Waals surface area contributed by atoms with E-state index in [4.69, 9.17) is 4.52 Å². The largest absolute Gasteiger partial charge is 0.360 e. The molecule has 0 amide bonds. The van der Waals surface area contributed by atoms with Crippen molar-refractivity contribution in [3.05, 3.63) is 29.7 Å². The molecule has 0 fully saturated rings. The summed E-state index contributed by atoms with van der Waals surface area (Å²) in [5, 5.41) is 3.96. The quantitative estimate of drug-likeness (QED) is 0.666. The van der Waals surface area contributed by atoms with Crippen LogP contribution >= 0.6 is 0 Å². The van der Waals surface area contributed by atoms with Crippen LogP contribution in [0.4, 0.5) is 0 Å². The van der Waals surface area contributed by atoms with Crippen molar-refractivity contribution in [2.75, 3.05) is 0 Å². The third kappa shape index (κ3) is 1.82. The summed E-state index contributed by atoms with van der Waals surface area (Å²) >= 11 is 0. The SMILES string of the molecule is C=CCC(C)(C)c1onc(C)c1C. The maximum Gasteiger partial charge on any atom is 0.145 e. The van der Waals surface area contributed by atoms with Crippen molar-refractivity contribution < 1.29 is 4.52 Å². The lowest BCUT2D eigenvalue weighted by Gasteiger charge is -2.19. The second-order valence-electron chi connectivity index (χ2n) is 4.10. The Balaban J connectivity index is 3.06. The molecule has 72 valence electrons. The van der Waals surface area contributed by atoms with Gasteiger partial charge in [-0.05, 0) is 20.3 Å². The first-order chi connectivity index (χ1) is 5.99. The fourth-order valence-corrected chi connectivity index (χ4v) is 1.50. The van der Waals surface area contributed by atoms with Crippen molar-refractivity contribution in [3.8, 4) is 0 Å². The van der Waals surface area contributed by atoms with E-state index in [1.807, 2.05) is 19.9 Å². The molecule has 1 heterocycles. The van der Waals surface area contributed by atoms with E-state index in [1.165, 1.54) is 0 Å². The molecule has 2 nitrogen and oxygen atoms in total. The number of rotatable bonds is 3. The third-order valence-corrected chi connectivity index (χ3v) is 2.43. The summed E-state index contributed by atoms with van der Waals surface area (Å²) in [5.41, 5.74) is 2.14. The van der Waals surface area contributed by atoms with Crippen molar-refractivity contribution in [3.63, 3.8) is 0 Å². The van der Waals surface area contributed by atoms with E-state index in [0.29, 0.717) is 0 Å². The van der Waals surface area contributed by atoms with Gasteiger partial charge in [-0.25, -0.2) is 0 Å². The molecular weight excluding hydrogens is 162 g/mol. The molecule has 0 atom stereocenters. The maximum absolute atomic E-state index is 5.31. The Hall–Kier alpha value is -1.05. The molecular formula is C11H17NO. The van der Waals surface area contributed by atoms with Gasteiger partial charge in [0.25, 0.3) is 0 Å². The van der Waals surface area contributed by atoms with Gasteiger partial charge in [0.2, 0.25) is 0 Å². The average Bonchev–Trinajstić information content (AvgIpc) is 2.33. The van der Waals surface area contributed by atoms with Gasteiger partial charge >= 0.3 is 0 Å². The second-order valence-corrected chi connectivity index (χ2v) is 4.10. The topological polar surface area (TPSA) is 26.0 Å². The monoisotopic (exact) mass is 179 g/mol. The molecule has 1 rings (SSSR count). The van der Waals surface area contributed by atoms with Crippen molar-refractivity contribution in [2.45, 2.75) is 39.5 Å². The van der Waals surface area contributed by atoms with Crippen molar-refractivity contribution in [2.24, 2.45) is 0 Å². The Morgan fingerprint density at radius 2 is 2.08 bits per heavy atom. The normalized spacial score (nSPS) is 11.7. The van der Waals surface area contributed by atoms with E-state index < -0.39 is 0 Å². The fraction of sp³-hybridized carbons (Fsp3) is 0.545. The van der Waals surface area contributed by atoms with E-state index in [-0.39, 0.29) is 5.41 Å². The molecule has 0 spiro atoms. The zero-order valence-electron chi connectivity index (χ0n) is 8.85. The van der Waals surface area contributed by atoms with Crippen LogP contribution in [0.2, 0.25) is 0 Å². The van der Waals surface area contributed by atoms with Crippen molar-refractivity contribution in [1.82, 2.24) is 5.16 Å². The zero-order valence-corrected chi connectivity index (χ0v) is 8.85. The molecule has 2 heteroatoms. The number of aryl methyl sites for hydroxylation is 1. The van der Waals surface area contributed by atoms with Gasteiger partial charge in [-0.2, -0.15) is 0 Å². The fourth-order valence-electron chi connectivity index (χ4n) is 1.50. The van der Waals surface area contributed by atoms with Gasteiger partial charge < -0.3 is 4.52 Å². The van der Waals surface area contributed by atoms with Gasteiger partial charge in [0, 0.05) is 11.0 Å². The second kappa shape index (κ2) is 3.36. The Morgan fingerprint density at radius 1 is 1.46 bits per heavy atom. The van der Waals surface area contributed by atoms with Gasteiger partial charge in [-0.3, -0.25) is 0 Å². The van der Waals surface area contributed by atoms with Crippen LogP contribution in [0.25, 0.3) is 0 Å². The number of allylic oxidation sites excluding steroid dienone is 1. The van der Waals surface area contributed by atoms with Crippen molar-refractivity contribution >= 4 is 0 Å². The molecule has 1 aromatic rings. The van der Waals surface area contributed by atoms with Gasteiger partial charge in [-0.1, -0.05) is 25.1 Å². The Bertz CT molecular complexity index is 310. The minimum absolute atomic E-state index is 0.00704. The molecule has 0 bridgehead atoms. The lowest BCUT2D eigenvalue weighted by molar-refractivity contribution is 0.314. The number of nitrogens with zero attached hydrogens (tertiary/aromatic N) is 1. The summed E-state index contributed by atoms with van der Waals surface area (Å²) in [6, 6.07) is 0. The lowest BCUT2D eigenvalue weighted by Crippen LogP contribution is -2.16. The third-order valence-electron chi connectivity index (χ3n) is 2.43. The summed E-state index contributed by atoms with van der Waals surface area (Å²) < 4.78 is 5.31. The Kier molecular flexibility index (Phi) is 2.60. The van der Waals surface area contributed by atoms with Crippen LogP contribution in [0.3, 0.4) is 0 Å². The smallest absolute Gasteiger partial charge is 0.145 e. The standard InChI is InChI=1S/C11H17NO/c1-6-7-11(4,5)10-8(2)9(3)12-13-10/h6H,1,7H2,2-5H3. The zero-order chi connectivity index (χ0) is 10.1. The molecule has 0 aliphatic rings. The summed E-state index contributed by atoms with van der Waals surface area (Å²) in [7, 11) is 0. The first-order valence-electron chi connectivity index (χ1n) is 4.53. The first-order valence-corrected chi connectivity index (χ1v) is 4.53. The highest BCUT2D eigenvalue weighted by Crippen LogP contribution is 2.30. The lowest BCUT2D eigenvalue weighted by atomic mass is 9.84. The molecule has 1 aromatic heterocycles. The Morgan fingerprint density at radius 3 is 2.46 bits per heavy atom. The highest BCUT2D eigenvalue weighted by Gasteiger charge is 2.26. The molecule has 0 aliphatic heterocycles. The number of hydrogen-bond acceptors (Lipinski definition) is 2. The summed E-state index contributed by atoms with van der Waals surface area (Å²) in [6.07, 6.45) is 2.82. The predicted octanol–water partition coefficient (Wildman–Crippen LogP) is 3.15. The van der Waals surface area contributed by atoms with Crippen LogP contribution in [0, 0.1) is 13.8 Å². The molecule has 13 heavy (non-hydrogen) atoms. The van der Waals surface area contributed by atoms with E-state index in [1.54, 1.807) is 0 Å². The predicted molar refractivity (Wildman–Crippen MR) is 53.8 cm³/mol. The van der Waals surface area contributed by atoms with E-state index >= 15 is 0 Å². The van der Waals surface area contributed by atoms with Gasteiger partial charge in [-0.15, -0.1) is 6.58 Å². The van der Waals surface area contributed by atoms with E-state index in [0.717, 1.165) is 23.4 Å². The van der Waals surface area contributed by atoms with Crippen LogP contribution in [0.15, 0.2) is 17.2 Å². The molecule has 0 aromatic carbocycles. The molecule has 0 saturated carbocycles. The summed E-state index contributed by atoms with van der Waals surface area (Å²) in [5.74, 6) is 0.977. The maximum atomic E-state index is 5.31. The molecule has 0 N–H and O–H groups in total. The minimum atomic E-state index is 0.00704. The number of aromatic nitrogens is 1. The van der Waals surface area contributed by atoms with Crippen LogP contribution in [0.1, 0.15) is 37.3 Å². The Labute approximate surface area is 79.6 Å². The summed E-state index contributed by atoms with van der Waals surface area (Å²) in [4.78, 5) is 0. The molecule has 0 aliphatic carbocycles. The number of hydrogen-bond donors (Lipinski definition) is 0. The molecule has 0 radical (unpaired) electrons.